The van der Waals surface area contributed by atoms with E-state index in [9.17, 15) is 0 Å². The number of pyridine rings is 1. The summed E-state index contributed by atoms with van der Waals surface area (Å²) >= 11 is 0. The predicted molar refractivity (Wildman–Crippen MR) is 124 cm³/mol. The van der Waals surface area contributed by atoms with Gasteiger partial charge < -0.3 is 0 Å². The Balaban J connectivity index is 1.96. The lowest BCUT2D eigenvalue weighted by Gasteiger charge is -2.15. The molecule has 0 aliphatic heterocycles. The molecule has 0 saturated heterocycles. The van der Waals surface area contributed by atoms with Crippen LogP contribution in [0, 0.1) is 0 Å². The van der Waals surface area contributed by atoms with Crippen molar-refractivity contribution in [2.24, 2.45) is 0 Å². The summed E-state index contributed by atoms with van der Waals surface area (Å²) in [5.74, 6) is 0. The van der Waals surface area contributed by atoms with Crippen LogP contribution < -0.4 is 0 Å². The van der Waals surface area contributed by atoms with Gasteiger partial charge in [0.05, 0.1) is 17.9 Å². The van der Waals surface area contributed by atoms with Crippen LogP contribution in [0.3, 0.4) is 0 Å². The molecule has 150 valence electrons. The average molecular weight is 386 g/mol. The van der Waals surface area contributed by atoms with Crippen LogP contribution in [0.1, 0.15) is 56.0 Å². The summed E-state index contributed by atoms with van der Waals surface area (Å²) in [4.78, 5) is 4.24. The molecular formula is C26H31N3. The SMILES string of the molecule is C=C(Cn1nc(-c2cccnc2)cc1C(=C)CCC)c1ccc(CC)cc1CC. The molecule has 0 unspecified atom stereocenters. The lowest BCUT2D eigenvalue weighted by atomic mass is 9.96. The van der Waals surface area contributed by atoms with E-state index in [1.165, 1.54) is 16.7 Å². The van der Waals surface area contributed by atoms with E-state index in [-0.39, 0.29) is 0 Å². The van der Waals surface area contributed by atoms with Crippen LogP contribution in [0.4, 0.5) is 0 Å². The largest absolute Gasteiger partial charge is 0.264 e. The van der Waals surface area contributed by atoms with Gasteiger partial charge in [0.25, 0.3) is 0 Å². The standard InChI is InChI=1S/C26H31N3/c1-6-10-19(4)26-16-25(23-11-9-14-27-17-23)28-29(26)18-20(5)24-13-12-21(7-2)15-22(24)8-3/h9,11-17H,4-8,10,18H2,1-3H3. The maximum Gasteiger partial charge on any atom is 0.0945 e. The highest BCUT2D eigenvalue weighted by Crippen LogP contribution is 2.28. The van der Waals surface area contributed by atoms with Gasteiger partial charge in [-0.1, -0.05) is 58.5 Å². The summed E-state index contributed by atoms with van der Waals surface area (Å²) in [7, 11) is 0. The Morgan fingerprint density at radius 3 is 2.48 bits per heavy atom. The van der Waals surface area contributed by atoms with Crippen LogP contribution in [0.2, 0.25) is 0 Å². The molecule has 0 spiro atoms. The fraction of sp³-hybridized carbons (Fsp3) is 0.308. The number of hydrogen-bond donors (Lipinski definition) is 0. The molecule has 0 saturated carbocycles. The third-order valence-electron chi connectivity index (χ3n) is 5.33. The van der Waals surface area contributed by atoms with Gasteiger partial charge in [0.1, 0.15) is 0 Å². The molecule has 3 nitrogen and oxygen atoms in total. The zero-order chi connectivity index (χ0) is 20.8. The van der Waals surface area contributed by atoms with E-state index >= 15 is 0 Å². The van der Waals surface area contributed by atoms with Crippen LogP contribution >= 0.6 is 0 Å². The average Bonchev–Trinajstić information content (AvgIpc) is 3.17. The quantitative estimate of drug-likeness (QED) is 0.415. The summed E-state index contributed by atoms with van der Waals surface area (Å²) in [6.07, 6.45) is 7.70. The highest BCUT2D eigenvalue weighted by Gasteiger charge is 2.15. The number of benzene rings is 1. The fourth-order valence-electron chi connectivity index (χ4n) is 3.68. The van der Waals surface area contributed by atoms with Crippen molar-refractivity contribution in [3.8, 4) is 11.3 Å². The second kappa shape index (κ2) is 9.51. The second-order valence-corrected chi connectivity index (χ2v) is 7.47. The number of aryl methyl sites for hydroxylation is 2. The van der Waals surface area contributed by atoms with Gasteiger partial charge in [-0.3, -0.25) is 9.67 Å². The molecule has 3 heteroatoms. The molecule has 0 radical (unpaired) electrons. The van der Waals surface area contributed by atoms with E-state index in [0.717, 1.165) is 53.8 Å². The lowest BCUT2D eigenvalue weighted by Crippen LogP contribution is -2.07. The van der Waals surface area contributed by atoms with Gasteiger partial charge in [-0.25, -0.2) is 0 Å². The Hall–Kier alpha value is -2.94. The third kappa shape index (κ3) is 4.73. The highest BCUT2D eigenvalue weighted by molar-refractivity contribution is 5.70. The first-order valence-corrected chi connectivity index (χ1v) is 10.5. The zero-order valence-corrected chi connectivity index (χ0v) is 17.9. The molecule has 1 aromatic carbocycles. The zero-order valence-electron chi connectivity index (χ0n) is 17.9. The second-order valence-electron chi connectivity index (χ2n) is 7.47. The van der Waals surface area contributed by atoms with Gasteiger partial charge in [0.15, 0.2) is 0 Å². The van der Waals surface area contributed by atoms with Crippen molar-refractivity contribution in [3.05, 3.63) is 84.3 Å². The van der Waals surface area contributed by atoms with Gasteiger partial charge in [-0.15, -0.1) is 0 Å². The molecule has 2 aromatic heterocycles. The van der Waals surface area contributed by atoms with Crippen LogP contribution in [-0.4, -0.2) is 14.8 Å². The number of hydrogen-bond acceptors (Lipinski definition) is 2. The summed E-state index contributed by atoms with van der Waals surface area (Å²) in [5.41, 5.74) is 9.16. The molecule has 0 aliphatic rings. The Bertz CT molecular complexity index is 996. The summed E-state index contributed by atoms with van der Waals surface area (Å²) in [6, 6.07) is 12.8. The number of nitrogens with zero attached hydrogens (tertiary/aromatic N) is 3. The molecule has 2 heterocycles. The predicted octanol–water partition coefficient (Wildman–Crippen LogP) is 6.60. The van der Waals surface area contributed by atoms with E-state index in [2.05, 4.69) is 67.9 Å². The van der Waals surface area contributed by atoms with Gasteiger partial charge in [-0.05, 0) is 65.3 Å². The van der Waals surface area contributed by atoms with Crippen molar-refractivity contribution < 1.29 is 0 Å². The molecule has 0 amide bonds. The normalized spacial score (nSPS) is 10.9. The third-order valence-corrected chi connectivity index (χ3v) is 5.33. The van der Waals surface area contributed by atoms with E-state index in [0.29, 0.717) is 6.54 Å². The molecule has 3 aromatic rings. The molecule has 0 atom stereocenters. The maximum atomic E-state index is 4.89. The Kier molecular flexibility index (Phi) is 6.82. The molecule has 0 aliphatic carbocycles. The van der Waals surface area contributed by atoms with Crippen LogP contribution in [-0.2, 0) is 19.4 Å². The Morgan fingerprint density at radius 1 is 1.00 bits per heavy atom. The van der Waals surface area contributed by atoms with Crippen molar-refractivity contribution in [1.29, 1.82) is 0 Å². The Labute approximate surface area is 174 Å². The molecular weight excluding hydrogens is 354 g/mol. The molecule has 3 rings (SSSR count). The van der Waals surface area contributed by atoms with Crippen molar-refractivity contribution >= 4 is 11.1 Å². The molecule has 0 N–H and O–H groups in total. The fourth-order valence-corrected chi connectivity index (χ4v) is 3.68. The van der Waals surface area contributed by atoms with Gasteiger partial charge in [0, 0.05) is 18.0 Å². The number of aromatic nitrogens is 3. The first-order chi connectivity index (χ1) is 14.1. The van der Waals surface area contributed by atoms with E-state index in [1.54, 1.807) is 6.20 Å². The van der Waals surface area contributed by atoms with Gasteiger partial charge in [0.2, 0.25) is 0 Å². The highest BCUT2D eigenvalue weighted by atomic mass is 15.3. The minimum absolute atomic E-state index is 0.650. The first-order valence-electron chi connectivity index (χ1n) is 10.5. The topological polar surface area (TPSA) is 30.7 Å². The Morgan fingerprint density at radius 2 is 1.83 bits per heavy atom. The van der Waals surface area contributed by atoms with E-state index in [4.69, 9.17) is 5.10 Å². The first kappa shape index (κ1) is 20.8. The van der Waals surface area contributed by atoms with Gasteiger partial charge >= 0.3 is 0 Å². The summed E-state index contributed by atoms with van der Waals surface area (Å²) < 4.78 is 2.05. The van der Waals surface area contributed by atoms with Crippen molar-refractivity contribution in [2.45, 2.75) is 53.0 Å². The van der Waals surface area contributed by atoms with Crippen molar-refractivity contribution in [1.82, 2.24) is 14.8 Å². The monoisotopic (exact) mass is 385 g/mol. The van der Waals surface area contributed by atoms with Gasteiger partial charge in [-0.2, -0.15) is 5.10 Å². The maximum absolute atomic E-state index is 4.89. The minimum Gasteiger partial charge on any atom is -0.264 e. The molecule has 0 fully saturated rings. The lowest BCUT2D eigenvalue weighted by molar-refractivity contribution is 0.701. The number of rotatable bonds is 9. The van der Waals surface area contributed by atoms with E-state index < -0.39 is 0 Å². The van der Waals surface area contributed by atoms with E-state index in [1.807, 2.05) is 18.3 Å². The van der Waals surface area contributed by atoms with Crippen molar-refractivity contribution in [2.75, 3.05) is 0 Å². The van der Waals surface area contributed by atoms with Crippen LogP contribution in [0.25, 0.3) is 22.4 Å². The summed E-state index contributed by atoms with van der Waals surface area (Å²) in [6.45, 7) is 15.9. The minimum atomic E-state index is 0.650. The molecule has 29 heavy (non-hydrogen) atoms. The summed E-state index contributed by atoms with van der Waals surface area (Å²) in [5, 5.41) is 4.89. The number of allylic oxidation sites excluding steroid dienone is 2. The van der Waals surface area contributed by atoms with Crippen LogP contribution in [0.15, 0.2) is 61.9 Å². The smallest absolute Gasteiger partial charge is 0.0945 e. The van der Waals surface area contributed by atoms with Crippen molar-refractivity contribution in [3.63, 3.8) is 0 Å². The molecule has 0 bridgehead atoms. The van der Waals surface area contributed by atoms with Crippen LogP contribution in [0.5, 0.6) is 0 Å².